The monoisotopic (exact) mass is 194 g/mol. The van der Waals surface area contributed by atoms with Crippen LogP contribution in [-0.4, -0.2) is 45.7 Å². The van der Waals surface area contributed by atoms with Crippen molar-refractivity contribution in [3.63, 3.8) is 0 Å². The van der Waals surface area contributed by atoms with Crippen molar-refractivity contribution >= 4 is 10.0 Å². The highest BCUT2D eigenvalue weighted by Crippen LogP contribution is 1.95. The standard InChI is InChI=1S/C7H18N2O2S/c1-4-8-6-5-7-12(10,11)9(2)3/h8H,4-7H2,1-3H3. The van der Waals surface area contributed by atoms with Gasteiger partial charge in [-0.25, -0.2) is 12.7 Å². The second kappa shape index (κ2) is 5.50. The highest BCUT2D eigenvalue weighted by atomic mass is 32.2. The Morgan fingerprint density at radius 1 is 1.33 bits per heavy atom. The average molecular weight is 194 g/mol. The maximum Gasteiger partial charge on any atom is 0.213 e. The summed E-state index contributed by atoms with van der Waals surface area (Å²) in [6.07, 6.45) is 0.675. The average Bonchev–Trinajstić information content (AvgIpc) is 1.98. The predicted molar refractivity (Wildman–Crippen MR) is 50.6 cm³/mol. The summed E-state index contributed by atoms with van der Waals surface area (Å²) in [5.41, 5.74) is 0. The van der Waals surface area contributed by atoms with E-state index in [9.17, 15) is 8.42 Å². The summed E-state index contributed by atoms with van der Waals surface area (Å²) < 4.78 is 23.6. The van der Waals surface area contributed by atoms with Crippen LogP contribution in [0.3, 0.4) is 0 Å². The van der Waals surface area contributed by atoms with Crippen LogP contribution >= 0.6 is 0 Å². The van der Waals surface area contributed by atoms with Crippen LogP contribution in [-0.2, 0) is 10.0 Å². The van der Waals surface area contributed by atoms with Gasteiger partial charge in [0.15, 0.2) is 0 Å². The zero-order valence-electron chi connectivity index (χ0n) is 8.00. The Hall–Kier alpha value is -0.130. The van der Waals surface area contributed by atoms with Crippen LogP contribution in [0.5, 0.6) is 0 Å². The van der Waals surface area contributed by atoms with E-state index in [1.807, 2.05) is 6.92 Å². The Bertz CT molecular complexity index is 199. The van der Waals surface area contributed by atoms with E-state index in [0.29, 0.717) is 6.42 Å². The normalized spacial score (nSPS) is 12.3. The molecule has 0 bridgehead atoms. The van der Waals surface area contributed by atoms with Crippen LogP contribution in [0.2, 0.25) is 0 Å². The molecule has 0 atom stereocenters. The second-order valence-electron chi connectivity index (χ2n) is 2.81. The van der Waals surface area contributed by atoms with E-state index < -0.39 is 10.0 Å². The fraction of sp³-hybridized carbons (Fsp3) is 1.00. The molecule has 0 saturated heterocycles. The molecule has 0 spiro atoms. The molecule has 0 aromatic heterocycles. The van der Waals surface area contributed by atoms with Gasteiger partial charge < -0.3 is 5.32 Å². The first kappa shape index (κ1) is 11.9. The summed E-state index contributed by atoms with van der Waals surface area (Å²) in [6, 6.07) is 0. The van der Waals surface area contributed by atoms with Gasteiger partial charge in [0.05, 0.1) is 5.75 Å². The Balaban J connectivity index is 3.63. The highest BCUT2D eigenvalue weighted by Gasteiger charge is 2.11. The van der Waals surface area contributed by atoms with Gasteiger partial charge in [0.1, 0.15) is 0 Å². The molecule has 5 heteroatoms. The number of hydrogen-bond acceptors (Lipinski definition) is 3. The van der Waals surface area contributed by atoms with E-state index in [1.165, 1.54) is 4.31 Å². The number of nitrogens with one attached hydrogen (secondary N) is 1. The Morgan fingerprint density at radius 2 is 1.92 bits per heavy atom. The van der Waals surface area contributed by atoms with Crippen molar-refractivity contribution in [1.82, 2.24) is 9.62 Å². The zero-order valence-corrected chi connectivity index (χ0v) is 8.82. The lowest BCUT2D eigenvalue weighted by atomic mass is 10.5. The van der Waals surface area contributed by atoms with Crippen LogP contribution in [0.4, 0.5) is 0 Å². The molecule has 0 aliphatic rings. The molecule has 1 N–H and O–H groups in total. The van der Waals surface area contributed by atoms with Crippen molar-refractivity contribution in [2.24, 2.45) is 0 Å². The van der Waals surface area contributed by atoms with E-state index in [-0.39, 0.29) is 5.75 Å². The van der Waals surface area contributed by atoms with Crippen LogP contribution in [0.15, 0.2) is 0 Å². The molecule has 74 valence electrons. The van der Waals surface area contributed by atoms with Gasteiger partial charge in [0, 0.05) is 14.1 Å². The summed E-state index contributed by atoms with van der Waals surface area (Å²) in [4.78, 5) is 0. The summed E-state index contributed by atoms with van der Waals surface area (Å²) >= 11 is 0. The molecule has 0 aliphatic carbocycles. The number of sulfonamides is 1. The van der Waals surface area contributed by atoms with Gasteiger partial charge in [0.2, 0.25) is 10.0 Å². The molecular formula is C7H18N2O2S. The third-order valence-corrected chi connectivity index (χ3v) is 3.48. The van der Waals surface area contributed by atoms with Crippen LogP contribution in [0.25, 0.3) is 0 Å². The SMILES string of the molecule is CCNCCCS(=O)(=O)N(C)C. The fourth-order valence-electron chi connectivity index (χ4n) is 0.739. The van der Waals surface area contributed by atoms with E-state index in [4.69, 9.17) is 0 Å². The minimum absolute atomic E-state index is 0.229. The molecule has 4 nitrogen and oxygen atoms in total. The lowest BCUT2D eigenvalue weighted by Gasteiger charge is -2.10. The topological polar surface area (TPSA) is 49.4 Å². The van der Waals surface area contributed by atoms with E-state index >= 15 is 0 Å². The maximum absolute atomic E-state index is 11.2. The van der Waals surface area contributed by atoms with Gasteiger partial charge in [-0.05, 0) is 19.5 Å². The number of rotatable bonds is 6. The fourth-order valence-corrected chi connectivity index (χ4v) is 1.61. The lowest BCUT2D eigenvalue weighted by molar-refractivity contribution is 0.517. The number of hydrogen-bond donors (Lipinski definition) is 1. The molecule has 0 heterocycles. The molecule has 0 amide bonds. The Kier molecular flexibility index (Phi) is 5.44. The van der Waals surface area contributed by atoms with Gasteiger partial charge in [-0.1, -0.05) is 6.92 Å². The maximum atomic E-state index is 11.2. The predicted octanol–water partition coefficient (Wildman–Crippen LogP) is -0.123. The third kappa shape index (κ3) is 4.69. The van der Waals surface area contributed by atoms with Gasteiger partial charge in [0.25, 0.3) is 0 Å². The summed E-state index contributed by atoms with van der Waals surface area (Å²) in [6.45, 7) is 3.66. The molecular weight excluding hydrogens is 176 g/mol. The van der Waals surface area contributed by atoms with Gasteiger partial charge in [-0.3, -0.25) is 0 Å². The smallest absolute Gasteiger partial charge is 0.213 e. The van der Waals surface area contributed by atoms with E-state index in [1.54, 1.807) is 14.1 Å². The van der Waals surface area contributed by atoms with Crippen molar-refractivity contribution in [2.45, 2.75) is 13.3 Å². The first-order valence-corrected chi connectivity index (χ1v) is 5.72. The molecule has 0 aromatic carbocycles. The quantitative estimate of drug-likeness (QED) is 0.600. The molecule has 12 heavy (non-hydrogen) atoms. The van der Waals surface area contributed by atoms with Crippen molar-refractivity contribution < 1.29 is 8.42 Å². The minimum Gasteiger partial charge on any atom is -0.317 e. The first-order chi connectivity index (χ1) is 5.50. The largest absolute Gasteiger partial charge is 0.317 e. The van der Waals surface area contributed by atoms with Gasteiger partial charge in [-0.2, -0.15) is 0 Å². The third-order valence-electron chi connectivity index (χ3n) is 1.56. The highest BCUT2D eigenvalue weighted by molar-refractivity contribution is 7.89. The minimum atomic E-state index is -2.99. The molecule has 0 radical (unpaired) electrons. The summed E-state index contributed by atoms with van der Waals surface area (Å²) in [7, 11) is 0.131. The Labute approximate surface area is 75.0 Å². The zero-order chi connectivity index (χ0) is 9.61. The number of nitrogens with zero attached hydrogens (tertiary/aromatic N) is 1. The molecule has 0 rings (SSSR count). The molecule has 0 unspecified atom stereocenters. The molecule has 0 saturated carbocycles. The summed E-state index contributed by atoms with van der Waals surface area (Å²) in [5, 5.41) is 3.08. The van der Waals surface area contributed by atoms with Crippen LogP contribution in [0, 0.1) is 0 Å². The lowest BCUT2D eigenvalue weighted by Crippen LogP contribution is -2.27. The van der Waals surface area contributed by atoms with Gasteiger partial charge >= 0.3 is 0 Å². The van der Waals surface area contributed by atoms with Crippen LogP contribution < -0.4 is 5.32 Å². The molecule has 0 fully saturated rings. The molecule has 0 aliphatic heterocycles. The van der Waals surface area contributed by atoms with Crippen molar-refractivity contribution in [2.75, 3.05) is 32.9 Å². The Morgan fingerprint density at radius 3 is 2.33 bits per heavy atom. The first-order valence-electron chi connectivity index (χ1n) is 4.11. The van der Waals surface area contributed by atoms with E-state index in [0.717, 1.165) is 13.1 Å². The van der Waals surface area contributed by atoms with Gasteiger partial charge in [-0.15, -0.1) is 0 Å². The van der Waals surface area contributed by atoms with E-state index in [2.05, 4.69) is 5.32 Å². The van der Waals surface area contributed by atoms with Crippen molar-refractivity contribution in [3.05, 3.63) is 0 Å². The summed E-state index contributed by atoms with van der Waals surface area (Å²) in [5.74, 6) is 0.229. The van der Waals surface area contributed by atoms with Crippen molar-refractivity contribution in [3.8, 4) is 0 Å². The van der Waals surface area contributed by atoms with Crippen molar-refractivity contribution in [1.29, 1.82) is 0 Å². The molecule has 0 aromatic rings. The van der Waals surface area contributed by atoms with Crippen LogP contribution in [0.1, 0.15) is 13.3 Å². The second-order valence-corrected chi connectivity index (χ2v) is 5.11.